The average Bonchev–Trinajstić information content (AvgIpc) is 2.76. The molecule has 0 aliphatic carbocycles. The molecule has 0 bridgehead atoms. The van der Waals surface area contributed by atoms with E-state index in [1.807, 2.05) is 19.2 Å². The van der Waals surface area contributed by atoms with E-state index in [1.165, 1.54) is 11.3 Å². The van der Waals surface area contributed by atoms with Crippen molar-refractivity contribution in [1.29, 1.82) is 0 Å². The van der Waals surface area contributed by atoms with Crippen molar-refractivity contribution in [3.63, 3.8) is 0 Å². The number of rotatable bonds is 2. The Morgan fingerprint density at radius 1 is 1.47 bits per heavy atom. The molecule has 0 saturated heterocycles. The highest BCUT2D eigenvalue weighted by atomic mass is 35.5. The first kappa shape index (κ1) is 11.0. The predicted octanol–water partition coefficient (Wildman–Crippen LogP) is 3.25. The molecule has 0 aromatic carbocycles. The summed E-state index contributed by atoms with van der Waals surface area (Å²) < 4.78 is 0. The number of aromatic nitrogens is 2. The van der Waals surface area contributed by atoms with Gasteiger partial charge in [0.25, 0.3) is 0 Å². The van der Waals surface area contributed by atoms with Crippen molar-refractivity contribution < 1.29 is 0 Å². The lowest BCUT2D eigenvalue weighted by atomic mass is 10.3. The first-order chi connectivity index (χ1) is 7.09. The molecule has 2 aromatic heterocycles. The minimum absolute atomic E-state index is 0.0731. The molecule has 2 rings (SSSR count). The Labute approximate surface area is 101 Å². The smallest absolute Gasteiger partial charge is 0.159 e. The third-order valence-electron chi connectivity index (χ3n) is 1.92. The Kier molecular flexibility index (Phi) is 3.06. The molecule has 2 heterocycles. The average molecular weight is 260 g/mol. The molecule has 15 heavy (non-hydrogen) atoms. The molecular weight excluding hydrogens is 250 g/mol. The zero-order chi connectivity index (χ0) is 11.0. The number of aryl methyl sites for hydroxylation is 1. The molecule has 3 nitrogen and oxygen atoms in total. The highest BCUT2D eigenvalue weighted by molar-refractivity contribution is 7.21. The van der Waals surface area contributed by atoms with Gasteiger partial charge in [-0.15, -0.1) is 21.5 Å². The largest absolute Gasteiger partial charge is 0.322 e. The normalized spacial score (nSPS) is 13.1. The maximum absolute atomic E-state index is 6.15. The van der Waals surface area contributed by atoms with Crippen molar-refractivity contribution >= 4 is 34.3 Å². The quantitative estimate of drug-likeness (QED) is 0.901. The number of nitrogens with zero attached hydrogens (tertiary/aromatic N) is 2. The molecule has 0 aliphatic heterocycles. The molecule has 0 spiro atoms. The number of halogens is 1. The van der Waals surface area contributed by atoms with Gasteiger partial charge >= 0.3 is 0 Å². The van der Waals surface area contributed by atoms with Crippen LogP contribution in [0.3, 0.4) is 0 Å². The van der Waals surface area contributed by atoms with Crippen LogP contribution < -0.4 is 5.73 Å². The third kappa shape index (κ3) is 2.06. The molecule has 2 N–H and O–H groups in total. The number of thiophene rings is 1. The first-order valence-corrected chi connectivity index (χ1v) is 6.50. The highest BCUT2D eigenvalue weighted by Crippen LogP contribution is 2.38. The summed E-state index contributed by atoms with van der Waals surface area (Å²) in [4.78, 5) is 0.985. The number of hydrogen-bond donors (Lipinski definition) is 1. The van der Waals surface area contributed by atoms with Crippen LogP contribution in [0.25, 0.3) is 9.88 Å². The van der Waals surface area contributed by atoms with E-state index >= 15 is 0 Å². The van der Waals surface area contributed by atoms with E-state index in [0.29, 0.717) is 0 Å². The van der Waals surface area contributed by atoms with E-state index in [4.69, 9.17) is 17.3 Å². The van der Waals surface area contributed by atoms with Crippen molar-refractivity contribution in [2.75, 3.05) is 0 Å². The van der Waals surface area contributed by atoms with Crippen LogP contribution >= 0.6 is 34.3 Å². The predicted molar refractivity (Wildman–Crippen MR) is 65.6 cm³/mol. The Morgan fingerprint density at radius 3 is 2.67 bits per heavy atom. The molecule has 0 fully saturated rings. The van der Waals surface area contributed by atoms with Crippen LogP contribution in [0.15, 0.2) is 5.38 Å². The SMILES string of the molecule is Cc1csc(-c2nnc(C(C)N)s2)c1Cl. The molecule has 6 heteroatoms. The fourth-order valence-electron chi connectivity index (χ4n) is 1.08. The van der Waals surface area contributed by atoms with Crippen LogP contribution in [0.4, 0.5) is 0 Å². The summed E-state index contributed by atoms with van der Waals surface area (Å²) in [6.07, 6.45) is 0. The van der Waals surface area contributed by atoms with Crippen LogP contribution in [0.2, 0.25) is 5.02 Å². The fourth-order valence-corrected chi connectivity index (χ4v) is 3.31. The second kappa shape index (κ2) is 4.17. The Morgan fingerprint density at radius 2 is 2.20 bits per heavy atom. The van der Waals surface area contributed by atoms with Crippen molar-refractivity contribution in [2.24, 2.45) is 5.73 Å². The lowest BCUT2D eigenvalue weighted by Crippen LogP contribution is -2.03. The second-order valence-corrected chi connectivity index (χ2v) is 5.56. The second-order valence-electron chi connectivity index (χ2n) is 3.30. The Bertz CT molecular complexity index is 475. The van der Waals surface area contributed by atoms with Crippen molar-refractivity contribution in [1.82, 2.24) is 10.2 Å². The van der Waals surface area contributed by atoms with Crippen LogP contribution in [0.1, 0.15) is 23.5 Å². The minimum atomic E-state index is -0.0731. The molecule has 0 amide bonds. The van der Waals surface area contributed by atoms with Crippen molar-refractivity contribution in [3.8, 4) is 9.88 Å². The van der Waals surface area contributed by atoms with Gasteiger partial charge in [0.05, 0.1) is 15.9 Å². The highest BCUT2D eigenvalue weighted by Gasteiger charge is 2.15. The molecule has 0 aliphatic rings. The summed E-state index contributed by atoms with van der Waals surface area (Å²) >= 11 is 9.24. The molecule has 80 valence electrons. The summed E-state index contributed by atoms with van der Waals surface area (Å²) in [5.41, 5.74) is 6.80. The van der Waals surface area contributed by atoms with Gasteiger partial charge in [-0.2, -0.15) is 0 Å². The van der Waals surface area contributed by atoms with Gasteiger partial charge in [0.15, 0.2) is 5.01 Å². The number of hydrogen-bond acceptors (Lipinski definition) is 5. The maximum Gasteiger partial charge on any atom is 0.159 e. The van der Waals surface area contributed by atoms with Gasteiger partial charge in [-0.05, 0) is 24.8 Å². The summed E-state index contributed by atoms with van der Waals surface area (Å²) in [6, 6.07) is -0.0731. The first-order valence-electron chi connectivity index (χ1n) is 4.42. The summed E-state index contributed by atoms with van der Waals surface area (Å²) in [5.74, 6) is 0. The van der Waals surface area contributed by atoms with E-state index in [9.17, 15) is 0 Å². The van der Waals surface area contributed by atoms with Gasteiger partial charge in [-0.3, -0.25) is 0 Å². The van der Waals surface area contributed by atoms with Gasteiger partial charge < -0.3 is 5.73 Å². The summed E-state index contributed by atoms with van der Waals surface area (Å²) in [5, 5.41) is 12.6. The standard InChI is InChI=1S/C9H10ClN3S2/c1-4-3-14-7(6(4)10)9-13-12-8(15-9)5(2)11/h3,5H,11H2,1-2H3. The zero-order valence-corrected chi connectivity index (χ0v) is 10.7. The fraction of sp³-hybridized carbons (Fsp3) is 0.333. The van der Waals surface area contributed by atoms with Crippen molar-refractivity contribution in [3.05, 3.63) is 21.0 Å². The van der Waals surface area contributed by atoms with Gasteiger partial charge in [0.1, 0.15) is 5.01 Å². The van der Waals surface area contributed by atoms with Crippen LogP contribution in [-0.2, 0) is 0 Å². The van der Waals surface area contributed by atoms with E-state index in [1.54, 1.807) is 11.3 Å². The maximum atomic E-state index is 6.15. The Balaban J connectivity index is 2.41. The van der Waals surface area contributed by atoms with Gasteiger partial charge in [0, 0.05) is 0 Å². The van der Waals surface area contributed by atoms with Crippen LogP contribution in [-0.4, -0.2) is 10.2 Å². The van der Waals surface area contributed by atoms with E-state index < -0.39 is 0 Å². The van der Waals surface area contributed by atoms with Crippen LogP contribution in [0, 0.1) is 6.92 Å². The van der Waals surface area contributed by atoms with Gasteiger partial charge in [-0.25, -0.2) is 0 Å². The zero-order valence-electron chi connectivity index (χ0n) is 8.32. The number of nitrogens with two attached hydrogens (primary N) is 1. The van der Waals surface area contributed by atoms with Gasteiger partial charge in [0.2, 0.25) is 0 Å². The van der Waals surface area contributed by atoms with Gasteiger partial charge in [-0.1, -0.05) is 22.9 Å². The summed E-state index contributed by atoms with van der Waals surface area (Å²) in [7, 11) is 0. The molecular formula is C9H10ClN3S2. The molecule has 0 radical (unpaired) electrons. The molecule has 0 saturated carbocycles. The van der Waals surface area contributed by atoms with E-state index in [0.717, 1.165) is 25.5 Å². The Hall–Kier alpha value is -0.490. The third-order valence-corrected chi connectivity index (χ3v) is 4.90. The minimum Gasteiger partial charge on any atom is -0.322 e. The lowest BCUT2D eigenvalue weighted by Gasteiger charge is -1.94. The monoisotopic (exact) mass is 259 g/mol. The van der Waals surface area contributed by atoms with Crippen molar-refractivity contribution in [2.45, 2.75) is 19.9 Å². The molecule has 1 unspecified atom stereocenters. The lowest BCUT2D eigenvalue weighted by molar-refractivity contribution is 0.786. The van der Waals surface area contributed by atoms with E-state index in [-0.39, 0.29) is 6.04 Å². The molecule has 2 aromatic rings. The summed E-state index contributed by atoms with van der Waals surface area (Å²) in [6.45, 7) is 3.88. The van der Waals surface area contributed by atoms with Crippen LogP contribution in [0.5, 0.6) is 0 Å². The van der Waals surface area contributed by atoms with E-state index in [2.05, 4.69) is 10.2 Å². The topological polar surface area (TPSA) is 51.8 Å². The molecule has 1 atom stereocenters.